The van der Waals surface area contributed by atoms with Crippen LogP contribution in [0.1, 0.15) is 138 Å². The molecule has 0 bridgehead atoms. The summed E-state index contributed by atoms with van der Waals surface area (Å²) in [7, 11) is 0. The van der Waals surface area contributed by atoms with Crippen molar-refractivity contribution in [2.24, 2.45) is 22.7 Å². The Morgan fingerprint density at radius 2 is 0.904 bits per heavy atom. The standard InChI is InChI=1S/2C21H27IO4/c2*1-11-9-13-12(17-16(11)18(23)26-20(4,5)25-17)10-14-19(2,3)15(22)7-8-21(14,6)24-13/h2*9,14-15H,7-8,10H2,1-6H3/t2*14-,15-,21-/m10/s1. The van der Waals surface area contributed by atoms with Crippen molar-refractivity contribution in [2.75, 3.05) is 0 Å². The van der Waals surface area contributed by atoms with Crippen LogP contribution in [0.3, 0.4) is 0 Å². The highest BCUT2D eigenvalue weighted by atomic mass is 127. The molecule has 4 aliphatic heterocycles. The molecule has 2 fully saturated rings. The predicted molar refractivity (Wildman–Crippen MR) is 217 cm³/mol. The third-order valence-electron chi connectivity index (χ3n) is 13.0. The maximum atomic E-state index is 12.6. The van der Waals surface area contributed by atoms with Crippen LogP contribution < -0.4 is 18.9 Å². The minimum absolute atomic E-state index is 0.147. The van der Waals surface area contributed by atoms with Crippen molar-refractivity contribution in [1.82, 2.24) is 0 Å². The lowest BCUT2D eigenvalue weighted by Crippen LogP contribution is -2.57. The molecule has 8 nitrogen and oxygen atoms in total. The van der Waals surface area contributed by atoms with Crippen LogP contribution in [-0.4, -0.2) is 42.6 Å². The van der Waals surface area contributed by atoms with Crippen molar-refractivity contribution >= 4 is 57.1 Å². The monoisotopic (exact) mass is 940 g/mol. The molecule has 2 aliphatic carbocycles. The highest BCUT2D eigenvalue weighted by Gasteiger charge is 2.57. The SMILES string of the molecule is Cc1cc2c(c3c1C(=O)OC(C)(C)O3)C[C@@H]1C(C)(C)[C@H](I)CC[C@@]1(C)O2.Cc1cc2c(c3c1C(=O)OC(C)(C)O3)C[C@H]1C(C)(C)[C@@H](I)CC[C@]1(C)O2. The number of halogens is 2. The van der Waals surface area contributed by atoms with Crippen LogP contribution in [-0.2, 0) is 22.3 Å². The minimum atomic E-state index is -0.958. The van der Waals surface area contributed by atoms with Crippen LogP contribution in [0.5, 0.6) is 23.0 Å². The summed E-state index contributed by atoms with van der Waals surface area (Å²) in [6.07, 6.45) is 6.16. The number of hydrogen-bond donors (Lipinski definition) is 0. The van der Waals surface area contributed by atoms with Crippen molar-refractivity contribution in [3.8, 4) is 23.0 Å². The van der Waals surface area contributed by atoms with E-state index in [0.717, 1.165) is 72.3 Å². The number of esters is 2. The molecule has 2 saturated carbocycles. The number of aryl methyl sites for hydroxylation is 2. The Bertz CT molecular complexity index is 1730. The van der Waals surface area contributed by atoms with E-state index in [9.17, 15) is 9.59 Å². The van der Waals surface area contributed by atoms with Crippen LogP contribution in [0.15, 0.2) is 12.1 Å². The Labute approximate surface area is 336 Å². The van der Waals surface area contributed by atoms with Gasteiger partial charge in [0.05, 0.1) is 0 Å². The first-order valence-corrected chi connectivity index (χ1v) is 21.2. The van der Waals surface area contributed by atoms with Crippen LogP contribution in [0.4, 0.5) is 0 Å². The van der Waals surface area contributed by atoms with Crippen LogP contribution >= 0.6 is 45.2 Å². The molecule has 2 aromatic rings. The van der Waals surface area contributed by atoms with Crippen molar-refractivity contribution in [3.05, 3.63) is 45.5 Å². The fourth-order valence-electron chi connectivity index (χ4n) is 10.0. The second-order valence-electron chi connectivity index (χ2n) is 18.5. The molecule has 8 rings (SSSR count). The Kier molecular flexibility index (Phi) is 9.04. The van der Waals surface area contributed by atoms with E-state index in [1.807, 2.05) is 26.0 Å². The van der Waals surface area contributed by atoms with Crippen LogP contribution in [0, 0.1) is 36.5 Å². The Morgan fingerprint density at radius 1 is 0.558 bits per heavy atom. The summed E-state index contributed by atoms with van der Waals surface area (Å²) in [6.45, 7) is 24.8. The van der Waals surface area contributed by atoms with Gasteiger partial charge >= 0.3 is 11.9 Å². The molecule has 0 N–H and O–H groups in total. The molecule has 4 heterocycles. The quantitative estimate of drug-likeness (QED) is 0.147. The number of benzene rings is 2. The highest BCUT2D eigenvalue weighted by molar-refractivity contribution is 14.1. The largest absolute Gasteiger partial charge is 0.487 e. The fraction of sp³-hybridized carbons (Fsp3) is 0.667. The summed E-state index contributed by atoms with van der Waals surface area (Å²) < 4.78 is 37.7. The van der Waals surface area contributed by atoms with Gasteiger partial charge in [0.1, 0.15) is 45.3 Å². The molecule has 0 unspecified atom stereocenters. The second kappa shape index (κ2) is 12.3. The average Bonchev–Trinajstić information content (AvgIpc) is 2.99. The zero-order chi connectivity index (χ0) is 38.1. The summed E-state index contributed by atoms with van der Waals surface area (Å²) in [6, 6.07) is 3.98. The number of cyclic esters (lactones) is 2. The van der Waals surface area contributed by atoms with Gasteiger partial charge in [-0.25, -0.2) is 9.59 Å². The molecule has 284 valence electrons. The minimum Gasteiger partial charge on any atom is -0.487 e. The Hall–Kier alpha value is -1.96. The van der Waals surface area contributed by atoms with Gasteiger partial charge in [0.25, 0.3) is 0 Å². The number of fused-ring (bicyclic) bond motifs is 8. The second-order valence-corrected chi connectivity index (χ2v) is 21.5. The van der Waals surface area contributed by atoms with Gasteiger partial charge in [-0.2, -0.15) is 0 Å². The van der Waals surface area contributed by atoms with Gasteiger partial charge in [-0.15, -0.1) is 0 Å². The summed E-state index contributed by atoms with van der Waals surface area (Å²) in [5.41, 5.74) is 4.79. The van der Waals surface area contributed by atoms with Gasteiger partial charge in [0.15, 0.2) is 0 Å². The number of ether oxygens (including phenoxy) is 6. The van der Waals surface area contributed by atoms with Crippen LogP contribution in [0.25, 0.3) is 0 Å². The van der Waals surface area contributed by atoms with E-state index in [1.165, 1.54) is 0 Å². The lowest BCUT2D eigenvalue weighted by atomic mass is 9.59. The van der Waals surface area contributed by atoms with Crippen molar-refractivity contribution in [2.45, 2.75) is 152 Å². The van der Waals surface area contributed by atoms with E-state index < -0.39 is 11.6 Å². The number of alkyl halides is 2. The van der Waals surface area contributed by atoms with E-state index in [4.69, 9.17) is 28.4 Å². The molecule has 0 aromatic heterocycles. The zero-order valence-electron chi connectivity index (χ0n) is 32.7. The molecule has 10 heteroatoms. The summed E-state index contributed by atoms with van der Waals surface area (Å²) >= 11 is 5.18. The van der Waals surface area contributed by atoms with E-state index in [-0.39, 0.29) is 34.0 Å². The van der Waals surface area contributed by atoms with Gasteiger partial charge in [0.2, 0.25) is 11.6 Å². The lowest BCUT2D eigenvalue weighted by Gasteiger charge is -2.55. The maximum absolute atomic E-state index is 12.6. The summed E-state index contributed by atoms with van der Waals surface area (Å²) in [4.78, 5) is 25.2. The van der Waals surface area contributed by atoms with E-state index in [2.05, 4.69) is 86.7 Å². The first-order chi connectivity index (χ1) is 23.9. The molecule has 0 radical (unpaired) electrons. The molecular weight excluding hydrogens is 886 g/mol. The molecular formula is C42H54I2O8. The summed E-state index contributed by atoms with van der Waals surface area (Å²) in [5.74, 6) is 1.27. The third kappa shape index (κ3) is 6.10. The topological polar surface area (TPSA) is 89.5 Å². The van der Waals surface area contributed by atoms with Crippen molar-refractivity contribution < 1.29 is 38.0 Å². The van der Waals surface area contributed by atoms with E-state index >= 15 is 0 Å². The molecule has 6 atom stereocenters. The van der Waals surface area contributed by atoms with Crippen LogP contribution in [0.2, 0.25) is 0 Å². The number of carbonyl (C=O) groups excluding carboxylic acids is 2. The van der Waals surface area contributed by atoms with Gasteiger partial charge in [0, 0.05) is 58.5 Å². The molecule has 0 spiro atoms. The smallest absolute Gasteiger partial charge is 0.345 e. The summed E-state index contributed by atoms with van der Waals surface area (Å²) in [5, 5.41) is 0. The predicted octanol–water partition coefficient (Wildman–Crippen LogP) is 10.4. The van der Waals surface area contributed by atoms with Crippen molar-refractivity contribution in [1.29, 1.82) is 0 Å². The molecule has 0 saturated heterocycles. The van der Waals surface area contributed by atoms with Gasteiger partial charge in [-0.05, 0) is 100 Å². The molecule has 52 heavy (non-hydrogen) atoms. The number of hydrogen-bond acceptors (Lipinski definition) is 8. The first-order valence-electron chi connectivity index (χ1n) is 18.7. The molecule has 2 aromatic carbocycles. The third-order valence-corrected chi connectivity index (χ3v) is 17.5. The highest BCUT2D eigenvalue weighted by Crippen LogP contribution is 2.59. The first kappa shape index (κ1) is 38.3. The Balaban J connectivity index is 0.000000162. The number of rotatable bonds is 0. The molecule has 6 aliphatic rings. The molecule has 0 amide bonds. The van der Waals surface area contributed by atoms with E-state index in [0.29, 0.717) is 42.3 Å². The zero-order valence-corrected chi connectivity index (χ0v) is 37.0. The fourth-order valence-corrected chi connectivity index (χ4v) is 11.5. The van der Waals surface area contributed by atoms with Gasteiger partial charge < -0.3 is 28.4 Å². The maximum Gasteiger partial charge on any atom is 0.345 e. The normalized spacial score (nSPS) is 33.7. The Morgan fingerprint density at radius 3 is 1.25 bits per heavy atom. The van der Waals surface area contributed by atoms with Gasteiger partial charge in [-0.1, -0.05) is 72.9 Å². The van der Waals surface area contributed by atoms with E-state index in [1.54, 1.807) is 27.7 Å². The van der Waals surface area contributed by atoms with Gasteiger partial charge in [-0.3, -0.25) is 0 Å². The lowest BCUT2D eigenvalue weighted by molar-refractivity contribution is -0.130. The average molecular weight is 941 g/mol. The van der Waals surface area contributed by atoms with Crippen molar-refractivity contribution in [3.63, 3.8) is 0 Å². The number of carbonyl (C=O) groups is 2.